The number of hydrogen-bond donors (Lipinski definition) is 2. The highest BCUT2D eigenvalue weighted by atomic mass is 16.4. The SMILES string of the molecule is Cc1ccc(NC2CCCC2N)o1. The van der Waals surface area contributed by atoms with Crippen molar-refractivity contribution in [1.82, 2.24) is 0 Å². The summed E-state index contributed by atoms with van der Waals surface area (Å²) in [6.45, 7) is 1.94. The van der Waals surface area contributed by atoms with Crippen molar-refractivity contribution < 1.29 is 4.42 Å². The van der Waals surface area contributed by atoms with Gasteiger partial charge in [-0.25, -0.2) is 0 Å². The van der Waals surface area contributed by atoms with Gasteiger partial charge < -0.3 is 15.5 Å². The molecule has 1 aliphatic rings. The number of rotatable bonds is 2. The van der Waals surface area contributed by atoms with E-state index in [2.05, 4.69) is 5.32 Å². The molecule has 2 rings (SSSR count). The van der Waals surface area contributed by atoms with Crippen LogP contribution in [0.4, 0.5) is 5.88 Å². The molecule has 1 heterocycles. The molecule has 0 saturated heterocycles. The molecule has 13 heavy (non-hydrogen) atoms. The second-order valence-electron chi connectivity index (χ2n) is 3.76. The van der Waals surface area contributed by atoms with Crippen LogP contribution in [0, 0.1) is 6.92 Å². The Balaban J connectivity index is 1.97. The predicted molar refractivity (Wildman–Crippen MR) is 52.7 cm³/mol. The average Bonchev–Trinajstić information content (AvgIpc) is 2.64. The molecule has 3 N–H and O–H groups in total. The zero-order chi connectivity index (χ0) is 9.26. The highest BCUT2D eigenvalue weighted by Crippen LogP contribution is 2.22. The predicted octanol–water partition coefficient (Wildman–Crippen LogP) is 1.88. The molecule has 72 valence electrons. The molecule has 2 atom stereocenters. The van der Waals surface area contributed by atoms with Gasteiger partial charge in [0.1, 0.15) is 5.76 Å². The Labute approximate surface area is 78.3 Å². The second-order valence-corrected chi connectivity index (χ2v) is 3.76. The van der Waals surface area contributed by atoms with Gasteiger partial charge in [0.2, 0.25) is 0 Å². The van der Waals surface area contributed by atoms with E-state index in [0.29, 0.717) is 6.04 Å². The Morgan fingerprint density at radius 1 is 1.46 bits per heavy atom. The maximum Gasteiger partial charge on any atom is 0.193 e. The van der Waals surface area contributed by atoms with Gasteiger partial charge in [0.05, 0.1) is 0 Å². The third-order valence-corrected chi connectivity index (χ3v) is 2.64. The summed E-state index contributed by atoms with van der Waals surface area (Å²) in [6.07, 6.45) is 3.50. The van der Waals surface area contributed by atoms with E-state index in [0.717, 1.165) is 24.5 Å². The largest absolute Gasteiger partial charge is 0.446 e. The standard InChI is InChI=1S/C10H16N2O/c1-7-5-6-10(13-7)12-9-4-2-3-8(9)11/h5-6,8-9,12H,2-4,11H2,1H3. The van der Waals surface area contributed by atoms with Crippen LogP contribution in [-0.2, 0) is 0 Å². The fraction of sp³-hybridized carbons (Fsp3) is 0.600. The first-order valence-corrected chi connectivity index (χ1v) is 4.84. The van der Waals surface area contributed by atoms with Gasteiger partial charge in [0.15, 0.2) is 5.88 Å². The van der Waals surface area contributed by atoms with E-state index in [1.807, 2.05) is 19.1 Å². The monoisotopic (exact) mass is 180 g/mol. The third-order valence-electron chi connectivity index (χ3n) is 2.64. The molecule has 0 amide bonds. The van der Waals surface area contributed by atoms with Gasteiger partial charge >= 0.3 is 0 Å². The Kier molecular flexibility index (Phi) is 2.27. The van der Waals surface area contributed by atoms with Gasteiger partial charge in [-0.3, -0.25) is 0 Å². The van der Waals surface area contributed by atoms with E-state index in [9.17, 15) is 0 Å². The second kappa shape index (κ2) is 3.42. The zero-order valence-corrected chi connectivity index (χ0v) is 7.92. The maximum atomic E-state index is 5.93. The first-order valence-electron chi connectivity index (χ1n) is 4.84. The molecule has 0 radical (unpaired) electrons. The number of nitrogens with one attached hydrogen (secondary N) is 1. The van der Waals surface area contributed by atoms with E-state index in [1.165, 1.54) is 6.42 Å². The van der Waals surface area contributed by atoms with Crippen LogP contribution in [0.5, 0.6) is 0 Å². The van der Waals surface area contributed by atoms with Crippen molar-refractivity contribution >= 4 is 5.88 Å². The number of furan rings is 1. The average molecular weight is 180 g/mol. The molecule has 0 aromatic carbocycles. The van der Waals surface area contributed by atoms with Gasteiger partial charge in [-0.15, -0.1) is 0 Å². The first-order chi connectivity index (χ1) is 6.25. The fourth-order valence-corrected chi connectivity index (χ4v) is 1.86. The molecule has 0 spiro atoms. The molecule has 1 fully saturated rings. The molecular formula is C10H16N2O. The lowest BCUT2D eigenvalue weighted by molar-refractivity contribution is 0.527. The molecule has 1 aliphatic carbocycles. The topological polar surface area (TPSA) is 51.2 Å². The summed E-state index contributed by atoms with van der Waals surface area (Å²) in [6, 6.07) is 4.60. The maximum absolute atomic E-state index is 5.93. The Morgan fingerprint density at radius 3 is 2.85 bits per heavy atom. The van der Waals surface area contributed by atoms with Crippen LogP contribution in [0.3, 0.4) is 0 Å². The van der Waals surface area contributed by atoms with E-state index >= 15 is 0 Å². The highest BCUT2D eigenvalue weighted by Gasteiger charge is 2.24. The van der Waals surface area contributed by atoms with Crippen LogP contribution in [0.15, 0.2) is 16.5 Å². The minimum absolute atomic E-state index is 0.283. The van der Waals surface area contributed by atoms with Crippen LogP contribution in [0.2, 0.25) is 0 Å². The summed E-state index contributed by atoms with van der Waals surface area (Å²) in [4.78, 5) is 0. The molecule has 1 saturated carbocycles. The van der Waals surface area contributed by atoms with Crippen LogP contribution < -0.4 is 11.1 Å². The van der Waals surface area contributed by atoms with Crippen LogP contribution >= 0.6 is 0 Å². The van der Waals surface area contributed by atoms with Crippen molar-refractivity contribution in [2.24, 2.45) is 5.73 Å². The van der Waals surface area contributed by atoms with Crippen molar-refractivity contribution in [3.8, 4) is 0 Å². The smallest absolute Gasteiger partial charge is 0.193 e. The van der Waals surface area contributed by atoms with Crippen molar-refractivity contribution in [2.75, 3.05) is 5.32 Å². The summed E-state index contributed by atoms with van der Waals surface area (Å²) < 4.78 is 5.43. The molecule has 1 aromatic heterocycles. The van der Waals surface area contributed by atoms with Crippen LogP contribution in [-0.4, -0.2) is 12.1 Å². The van der Waals surface area contributed by atoms with Crippen molar-refractivity contribution in [3.05, 3.63) is 17.9 Å². The Morgan fingerprint density at radius 2 is 2.31 bits per heavy atom. The molecule has 0 aliphatic heterocycles. The summed E-state index contributed by atoms with van der Waals surface area (Å²) >= 11 is 0. The number of anilines is 1. The van der Waals surface area contributed by atoms with Gasteiger partial charge in [-0.2, -0.15) is 0 Å². The summed E-state index contributed by atoms with van der Waals surface area (Å²) in [7, 11) is 0. The number of nitrogens with two attached hydrogens (primary N) is 1. The Hall–Kier alpha value is -0.960. The molecule has 2 unspecified atom stereocenters. The molecule has 3 nitrogen and oxygen atoms in total. The van der Waals surface area contributed by atoms with Crippen LogP contribution in [0.25, 0.3) is 0 Å². The molecule has 0 bridgehead atoms. The van der Waals surface area contributed by atoms with Gasteiger partial charge in [0.25, 0.3) is 0 Å². The lowest BCUT2D eigenvalue weighted by Crippen LogP contribution is -2.35. The quantitative estimate of drug-likeness (QED) is 0.730. The number of aryl methyl sites for hydroxylation is 1. The number of hydrogen-bond acceptors (Lipinski definition) is 3. The minimum atomic E-state index is 0.283. The van der Waals surface area contributed by atoms with Crippen molar-refractivity contribution in [3.63, 3.8) is 0 Å². The van der Waals surface area contributed by atoms with E-state index < -0.39 is 0 Å². The highest BCUT2D eigenvalue weighted by molar-refractivity contribution is 5.34. The van der Waals surface area contributed by atoms with Crippen LogP contribution in [0.1, 0.15) is 25.0 Å². The van der Waals surface area contributed by atoms with Gasteiger partial charge in [-0.05, 0) is 32.3 Å². The van der Waals surface area contributed by atoms with Gasteiger partial charge in [-0.1, -0.05) is 0 Å². The zero-order valence-electron chi connectivity index (χ0n) is 7.92. The van der Waals surface area contributed by atoms with E-state index in [1.54, 1.807) is 0 Å². The van der Waals surface area contributed by atoms with E-state index in [4.69, 9.17) is 10.2 Å². The Bertz CT molecular complexity index is 282. The lowest BCUT2D eigenvalue weighted by Gasteiger charge is -2.16. The van der Waals surface area contributed by atoms with E-state index in [-0.39, 0.29) is 6.04 Å². The third kappa shape index (κ3) is 1.86. The van der Waals surface area contributed by atoms with Gasteiger partial charge in [0, 0.05) is 18.2 Å². The minimum Gasteiger partial charge on any atom is -0.446 e. The fourth-order valence-electron chi connectivity index (χ4n) is 1.86. The lowest BCUT2D eigenvalue weighted by atomic mass is 10.2. The van der Waals surface area contributed by atoms with Crippen molar-refractivity contribution in [1.29, 1.82) is 0 Å². The van der Waals surface area contributed by atoms with Crippen molar-refractivity contribution in [2.45, 2.75) is 38.3 Å². The summed E-state index contributed by atoms with van der Waals surface area (Å²) in [5.74, 6) is 1.79. The molecular weight excluding hydrogens is 164 g/mol. The normalized spacial score (nSPS) is 27.8. The summed E-state index contributed by atoms with van der Waals surface area (Å²) in [5, 5.41) is 3.32. The molecule has 1 aromatic rings. The summed E-state index contributed by atoms with van der Waals surface area (Å²) in [5.41, 5.74) is 5.93. The first kappa shape index (κ1) is 8.63. The molecule has 3 heteroatoms.